The molecule has 1 amide bonds. The molecule has 0 spiro atoms. The first-order valence-electron chi connectivity index (χ1n) is 8.92. The summed E-state index contributed by atoms with van der Waals surface area (Å²) in [6.45, 7) is 1.06. The number of carbonyl (C=O) groups is 1. The van der Waals surface area contributed by atoms with Crippen LogP contribution < -0.4 is 5.32 Å². The zero-order valence-corrected chi connectivity index (χ0v) is 15.4. The quantitative estimate of drug-likeness (QED) is 0.848. The van der Waals surface area contributed by atoms with E-state index < -0.39 is 0 Å². The van der Waals surface area contributed by atoms with Crippen LogP contribution in [-0.2, 0) is 17.6 Å². The monoisotopic (exact) mass is 356 g/mol. The maximum Gasteiger partial charge on any atom is 0.234 e. The van der Waals surface area contributed by atoms with Gasteiger partial charge in [-0.05, 0) is 61.6 Å². The molecule has 0 bridgehead atoms. The molecule has 1 aliphatic rings. The second-order valence-electron chi connectivity index (χ2n) is 6.75. The minimum Gasteiger partial charge on any atom is -0.355 e. The van der Waals surface area contributed by atoms with Crippen molar-refractivity contribution < 1.29 is 4.79 Å². The molecule has 0 aliphatic heterocycles. The number of halogens is 1. The second-order valence-corrected chi connectivity index (χ2v) is 7.19. The molecule has 2 aromatic carbocycles. The summed E-state index contributed by atoms with van der Waals surface area (Å²) in [5.41, 5.74) is 3.94. The first-order valence-corrected chi connectivity index (χ1v) is 9.30. The lowest BCUT2D eigenvalue weighted by atomic mass is 9.87. The zero-order valence-electron chi connectivity index (χ0n) is 14.7. The van der Waals surface area contributed by atoms with Gasteiger partial charge in [-0.25, -0.2) is 0 Å². The predicted molar refractivity (Wildman–Crippen MR) is 103 cm³/mol. The second kappa shape index (κ2) is 8.50. The van der Waals surface area contributed by atoms with Crippen molar-refractivity contribution in [1.82, 2.24) is 10.2 Å². The number of benzene rings is 2. The number of likely N-dealkylation sites (N-methyl/N-ethyl adjacent to an activating group) is 1. The molecule has 0 fully saturated rings. The fraction of sp³-hybridized carbons (Fsp3) is 0.381. The van der Waals surface area contributed by atoms with Gasteiger partial charge in [0.05, 0.1) is 6.54 Å². The molecule has 0 heterocycles. The van der Waals surface area contributed by atoms with Crippen LogP contribution >= 0.6 is 11.6 Å². The van der Waals surface area contributed by atoms with Crippen LogP contribution in [0.3, 0.4) is 0 Å². The number of rotatable bonds is 6. The minimum atomic E-state index is 0.0765. The van der Waals surface area contributed by atoms with Crippen LogP contribution in [0.15, 0.2) is 48.5 Å². The van der Waals surface area contributed by atoms with Gasteiger partial charge in [0.2, 0.25) is 5.91 Å². The van der Waals surface area contributed by atoms with Gasteiger partial charge in [-0.1, -0.05) is 48.0 Å². The molecule has 0 aromatic heterocycles. The van der Waals surface area contributed by atoms with Gasteiger partial charge in [0.1, 0.15) is 0 Å². The van der Waals surface area contributed by atoms with Crippen molar-refractivity contribution in [3.05, 3.63) is 70.2 Å². The molecule has 4 heteroatoms. The lowest BCUT2D eigenvalue weighted by Gasteiger charge is -2.32. The Morgan fingerprint density at radius 3 is 2.92 bits per heavy atom. The van der Waals surface area contributed by atoms with Crippen molar-refractivity contribution >= 4 is 17.5 Å². The van der Waals surface area contributed by atoms with E-state index in [1.54, 1.807) is 0 Å². The summed E-state index contributed by atoms with van der Waals surface area (Å²) in [5, 5.41) is 3.76. The lowest BCUT2D eigenvalue weighted by molar-refractivity contribution is -0.122. The van der Waals surface area contributed by atoms with Crippen LogP contribution in [0.25, 0.3) is 0 Å². The molecule has 2 aromatic rings. The van der Waals surface area contributed by atoms with Crippen LogP contribution in [0.2, 0.25) is 5.02 Å². The average Bonchev–Trinajstić information content (AvgIpc) is 2.61. The van der Waals surface area contributed by atoms with E-state index in [4.69, 9.17) is 11.6 Å². The number of nitrogens with zero attached hydrogens (tertiary/aromatic N) is 1. The van der Waals surface area contributed by atoms with Gasteiger partial charge in [-0.2, -0.15) is 0 Å². The maximum absolute atomic E-state index is 12.3. The number of carbonyl (C=O) groups excluding carboxylic acids is 1. The van der Waals surface area contributed by atoms with E-state index in [-0.39, 0.29) is 5.91 Å². The lowest BCUT2D eigenvalue weighted by Crippen LogP contribution is -2.38. The summed E-state index contributed by atoms with van der Waals surface area (Å²) >= 11 is 5.99. The number of hydrogen-bond acceptors (Lipinski definition) is 2. The van der Waals surface area contributed by atoms with Crippen molar-refractivity contribution in [3.63, 3.8) is 0 Å². The summed E-state index contributed by atoms with van der Waals surface area (Å²) in [5.74, 6) is 0.0765. The Morgan fingerprint density at radius 2 is 2.08 bits per heavy atom. The van der Waals surface area contributed by atoms with E-state index >= 15 is 0 Å². The highest BCUT2D eigenvalue weighted by Gasteiger charge is 2.24. The van der Waals surface area contributed by atoms with Gasteiger partial charge in [0.25, 0.3) is 0 Å². The summed E-state index contributed by atoms with van der Waals surface area (Å²) in [6, 6.07) is 16.7. The smallest absolute Gasteiger partial charge is 0.234 e. The maximum atomic E-state index is 12.3. The van der Waals surface area contributed by atoms with Crippen molar-refractivity contribution in [1.29, 1.82) is 0 Å². The SMILES string of the molecule is CN(CC(=O)NCCc1cccc(Cl)c1)[C@@H]1CCCc2ccccc21. The molecule has 1 N–H and O–H groups in total. The van der Waals surface area contributed by atoms with Crippen LogP contribution in [0, 0.1) is 0 Å². The average molecular weight is 357 g/mol. The van der Waals surface area contributed by atoms with E-state index in [9.17, 15) is 4.79 Å². The van der Waals surface area contributed by atoms with E-state index in [0.717, 1.165) is 29.8 Å². The van der Waals surface area contributed by atoms with E-state index in [2.05, 4.69) is 34.5 Å². The zero-order chi connectivity index (χ0) is 17.6. The summed E-state index contributed by atoms with van der Waals surface area (Å²) in [4.78, 5) is 14.5. The minimum absolute atomic E-state index is 0.0765. The van der Waals surface area contributed by atoms with Crippen molar-refractivity contribution in [2.45, 2.75) is 31.7 Å². The third-order valence-corrected chi connectivity index (χ3v) is 5.12. The van der Waals surface area contributed by atoms with Gasteiger partial charge < -0.3 is 5.32 Å². The van der Waals surface area contributed by atoms with Crippen molar-refractivity contribution in [3.8, 4) is 0 Å². The Labute approximate surface area is 155 Å². The summed E-state index contributed by atoms with van der Waals surface area (Å²) < 4.78 is 0. The number of hydrogen-bond donors (Lipinski definition) is 1. The molecule has 1 atom stereocenters. The Balaban J connectivity index is 1.50. The standard InChI is InChI=1S/C21H25ClN2O/c1-24(20-11-5-8-17-7-2-3-10-19(17)20)15-21(25)23-13-12-16-6-4-9-18(22)14-16/h2-4,6-7,9-10,14,20H,5,8,11-13,15H2,1H3,(H,23,25)/t20-/m1/s1. The van der Waals surface area contributed by atoms with E-state index in [0.29, 0.717) is 19.1 Å². The first kappa shape index (κ1) is 18.0. The van der Waals surface area contributed by atoms with Crippen molar-refractivity contribution in [2.24, 2.45) is 0 Å². The molecule has 0 radical (unpaired) electrons. The van der Waals surface area contributed by atoms with Gasteiger partial charge in [0, 0.05) is 17.6 Å². The number of fused-ring (bicyclic) bond motifs is 1. The summed E-state index contributed by atoms with van der Waals surface area (Å²) in [7, 11) is 2.04. The molecule has 0 saturated heterocycles. The van der Waals surface area contributed by atoms with E-state index in [1.807, 2.05) is 31.3 Å². The number of aryl methyl sites for hydroxylation is 1. The third kappa shape index (κ3) is 4.83. The van der Waals surface area contributed by atoms with Gasteiger partial charge in [-0.15, -0.1) is 0 Å². The highest BCUT2D eigenvalue weighted by atomic mass is 35.5. The Morgan fingerprint density at radius 1 is 1.24 bits per heavy atom. The molecular formula is C21H25ClN2O. The normalized spacial score (nSPS) is 16.5. The summed E-state index contributed by atoms with van der Waals surface area (Å²) in [6.07, 6.45) is 4.24. The molecule has 0 unspecified atom stereocenters. The van der Waals surface area contributed by atoms with Crippen molar-refractivity contribution in [2.75, 3.05) is 20.1 Å². The van der Waals surface area contributed by atoms with E-state index in [1.165, 1.54) is 17.5 Å². The fourth-order valence-corrected chi connectivity index (χ4v) is 3.83. The first-order chi connectivity index (χ1) is 12.1. The highest BCUT2D eigenvalue weighted by Crippen LogP contribution is 2.33. The molecule has 1 aliphatic carbocycles. The van der Waals surface area contributed by atoms with Crippen LogP contribution in [0.1, 0.15) is 35.6 Å². The van der Waals surface area contributed by atoms with Gasteiger partial charge in [0.15, 0.2) is 0 Å². The molecule has 132 valence electrons. The van der Waals surface area contributed by atoms with Gasteiger partial charge >= 0.3 is 0 Å². The molecule has 3 rings (SSSR count). The topological polar surface area (TPSA) is 32.3 Å². The largest absolute Gasteiger partial charge is 0.355 e. The Bertz CT molecular complexity index is 731. The van der Waals surface area contributed by atoms with Gasteiger partial charge in [-0.3, -0.25) is 9.69 Å². The number of amides is 1. The number of nitrogens with one attached hydrogen (secondary N) is 1. The molecule has 0 saturated carbocycles. The molecule has 25 heavy (non-hydrogen) atoms. The third-order valence-electron chi connectivity index (χ3n) is 4.89. The molecule has 3 nitrogen and oxygen atoms in total. The van der Waals surface area contributed by atoms with Crippen LogP contribution in [0.5, 0.6) is 0 Å². The molecular weight excluding hydrogens is 332 g/mol. The Kier molecular flexibility index (Phi) is 6.11. The Hall–Kier alpha value is -1.84. The highest BCUT2D eigenvalue weighted by molar-refractivity contribution is 6.30. The van der Waals surface area contributed by atoms with Crippen LogP contribution in [-0.4, -0.2) is 30.9 Å². The van der Waals surface area contributed by atoms with Crippen LogP contribution in [0.4, 0.5) is 0 Å². The fourth-order valence-electron chi connectivity index (χ4n) is 3.62. The predicted octanol–water partition coefficient (Wildman–Crippen LogP) is 4.01.